The van der Waals surface area contributed by atoms with E-state index in [1.807, 2.05) is 7.05 Å². The lowest BCUT2D eigenvalue weighted by molar-refractivity contribution is -0.120. The van der Waals surface area contributed by atoms with Gasteiger partial charge in [-0.2, -0.15) is 0 Å². The molecule has 1 aromatic rings. The highest BCUT2D eigenvalue weighted by atomic mass is 79.9. The van der Waals surface area contributed by atoms with E-state index in [2.05, 4.69) is 33.5 Å². The largest absolute Gasteiger partial charge is 0.355 e. The minimum Gasteiger partial charge on any atom is -0.355 e. The van der Waals surface area contributed by atoms with Crippen LogP contribution in [0.4, 0.5) is 4.39 Å². The number of nitrogens with one attached hydrogen (secondary N) is 2. The van der Waals surface area contributed by atoms with Gasteiger partial charge in [0, 0.05) is 6.54 Å². The Morgan fingerprint density at radius 3 is 2.68 bits per heavy atom. The van der Waals surface area contributed by atoms with Gasteiger partial charge in [-0.15, -0.1) is 12.4 Å². The van der Waals surface area contributed by atoms with Crippen LogP contribution in [-0.2, 0) is 11.2 Å². The Labute approximate surface area is 127 Å². The van der Waals surface area contributed by atoms with Gasteiger partial charge >= 0.3 is 0 Å². The first-order valence-electron chi connectivity index (χ1n) is 5.88. The summed E-state index contributed by atoms with van der Waals surface area (Å²) in [5.41, 5.74) is 0.794. The maximum absolute atomic E-state index is 13.0. The van der Waals surface area contributed by atoms with E-state index in [1.54, 1.807) is 12.1 Å². The van der Waals surface area contributed by atoms with Gasteiger partial charge in [0.1, 0.15) is 5.82 Å². The van der Waals surface area contributed by atoms with Gasteiger partial charge in [-0.05, 0) is 53.1 Å². The zero-order valence-corrected chi connectivity index (χ0v) is 13.4. The molecule has 0 saturated carbocycles. The van der Waals surface area contributed by atoms with Crippen molar-refractivity contribution in [2.24, 2.45) is 5.92 Å². The number of amides is 1. The Balaban J connectivity index is 0.00000324. The second kappa shape index (κ2) is 9.28. The summed E-state index contributed by atoms with van der Waals surface area (Å²) in [4.78, 5) is 11.7. The van der Waals surface area contributed by atoms with E-state index in [9.17, 15) is 9.18 Å². The molecule has 0 spiro atoms. The lowest BCUT2D eigenvalue weighted by Gasteiger charge is -2.12. The fraction of sp³-hybridized carbons (Fsp3) is 0.462. The predicted molar refractivity (Wildman–Crippen MR) is 81.2 cm³/mol. The topological polar surface area (TPSA) is 41.1 Å². The fourth-order valence-corrected chi connectivity index (χ4v) is 2.03. The van der Waals surface area contributed by atoms with Crippen molar-refractivity contribution in [3.05, 3.63) is 34.1 Å². The first kappa shape index (κ1) is 18.4. The molecule has 0 bridgehead atoms. The highest BCUT2D eigenvalue weighted by Gasteiger charge is 2.07. The van der Waals surface area contributed by atoms with Crippen molar-refractivity contribution in [1.29, 1.82) is 0 Å². The smallest absolute Gasteiger partial charge is 0.224 e. The van der Waals surface area contributed by atoms with E-state index < -0.39 is 0 Å². The molecule has 0 aliphatic heterocycles. The monoisotopic (exact) mass is 352 g/mol. The number of carbonyl (C=O) groups is 1. The zero-order chi connectivity index (χ0) is 13.5. The maximum Gasteiger partial charge on any atom is 0.224 e. The minimum absolute atomic E-state index is 0. The number of rotatable bonds is 6. The summed E-state index contributed by atoms with van der Waals surface area (Å²) in [5.74, 6) is 0.0252. The highest BCUT2D eigenvalue weighted by molar-refractivity contribution is 9.10. The van der Waals surface area contributed by atoms with Gasteiger partial charge in [0.15, 0.2) is 0 Å². The SMILES string of the molecule is CNCC(C)CNC(=O)Cc1ccc(F)c(Br)c1.Cl. The molecule has 0 aliphatic carbocycles. The molecule has 1 rings (SSSR count). The van der Waals surface area contributed by atoms with Crippen molar-refractivity contribution in [3.63, 3.8) is 0 Å². The lowest BCUT2D eigenvalue weighted by Crippen LogP contribution is -2.33. The summed E-state index contributed by atoms with van der Waals surface area (Å²) in [6.45, 7) is 3.57. The number of carbonyl (C=O) groups excluding carboxylic acids is 1. The maximum atomic E-state index is 13.0. The fourth-order valence-electron chi connectivity index (χ4n) is 1.61. The van der Waals surface area contributed by atoms with E-state index in [0.717, 1.165) is 12.1 Å². The summed E-state index contributed by atoms with van der Waals surface area (Å²) in [6.07, 6.45) is 0.269. The molecule has 0 aliphatic rings. The van der Waals surface area contributed by atoms with E-state index in [-0.39, 0.29) is 30.6 Å². The molecule has 0 fully saturated rings. The van der Waals surface area contributed by atoms with Crippen LogP contribution < -0.4 is 10.6 Å². The molecule has 1 amide bonds. The van der Waals surface area contributed by atoms with Crippen LogP contribution >= 0.6 is 28.3 Å². The molecule has 0 heterocycles. The van der Waals surface area contributed by atoms with Crippen LogP contribution in [0.5, 0.6) is 0 Å². The summed E-state index contributed by atoms with van der Waals surface area (Å²) in [7, 11) is 1.88. The number of hydrogen-bond donors (Lipinski definition) is 2. The third-order valence-corrected chi connectivity index (χ3v) is 3.16. The molecule has 6 heteroatoms. The molecule has 108 valence electrons. The predicted octanol–water partition coefficient (Wildman–Crippen LogP) is 2.52. The van der Waals surface area contributed by atoms with Gasteiger partial charge in [0.05, 0.1) is 10.9 Å². The number of hydrogen-bond acceptors (Lipinski definition) is 2. The van der Waals surface area contributed by atoms with Gasteiger partial charge in [-0.25, -0.2) is 4.39 Å². The van der Waals surface area contributed by atoms with Crippen molar-refractivity contribution >= 4 is 34.2 Å². The van der Waals surface area contributed by atoms with Crippen molar-refractivity contribution in [2.75, 3.05) is 20.1 Å². The van der Waals surface area contributed by atoms with Crippen LogP contribution in [0.25, 0.3) is 0 Å². The van der Waals surface area contributed by atoms with Crippen LogP contribution in [0, 0.1) is 11.7 Å². The third kappa shape index (κ3) is 6.89. The average Bonchev–Trinajstić information content (AvgIpc) is 2.32. The average molecular weight is 354 g/mol. The Morgan fingerprint density at radius 2 is 2.11 bits per heavy atom. The molecular weight excluding hydrogens is 335 g/mol. The molecule has 3 nitrogen and oxygen atoms in total. The molecule has 0 radical (unpaired) electrons. The molecule has 1 unspecified atom stereocenters. The van der Waals surface area contributed by atoms with Crippen LogP contribution in [-0.4, -0.2) is 26.0 Å². The van der Waals surface area contributed by atoms with Gasteiger partial charge < -0.3 is 10.6 Å². The zero-order valence-electron chi connectivity index (χ0n) is 11.0. The van der Waals surface area contributed by atoms with Crippen molar-refractivity contribution in [3.8, 4) is 0 Å². The first-order valence-corrected chi connectivity index (χ1v) is 6.67. The standard InChI is InChI=1S/C13H18BrFN2O.ClH/c1-9(7-16-2)8-17-13(18)6-10-3-4-12(15)11(14)5-10;/h3-5,9,16H,6-8H2,1-2H3,(H,17,18);1H. The summed E-state index contributed by atoms with van der Waals surface area (Å²) >= 11 is 3.10. The quantitative estimate of drug-likeness (QED) is 0.825. The van der Waals surface area contributed by atoms with Crippen molar-refractivity contribution in [1.82, 2.24) is 10.6 Å². The highest BCUT2D eigenvalue weighted by Crippen LogP contribution is 2.17. The Morgan fingerprint density at radius 1 is 1.42 bits per heavy atom. The van der Waals surface area contributed by atoms with Gasteiger partial charge in [-0.1, -0.05) is 13.0 Å². The van der Waals surface area contributed by atoms with Gasteiger partial charge in [0.25, 0.3) is 0 Å². The molecule has 0 saturated heterocycles. The first-order chi connectivity index (χ1) is 8.52. The van der Waals surface area contributed by atoms with Crippen LogP contribution in [0.1, 0.15) is 12.5 Å². The van der Waals surface area contributed by atoms with Gasteiger partial charge in [-0.3, -0.25) is 4.79 Å². The molecular formula is C13H19BrClFN2O. The minimum atomic E-state index is -0.318. The lowest BCUT2D eigenvalue weighted by atomic mass is 10.1. The van der Waals surface area contributed by atoms with Gasteiger partial charge in [0.2, 0.25) is 5.91 Å². The second-order valence-electron chi connectivity index (χ2n) is 4.39. The van der Waals surface area contributed by atoms with Crippen LogP contribution in [0.15, 0.2) is 22.7 Å². The molecule has 1 aromatic carbocycles. The Kier molecular flexibility index (Phi) is 8.97. The van der Waals surface area contributed by atoms with E-state index >= 15 is 0 Å². The van der Waals surface area contributed by atoms with E-state index in [4.69, 9.17) is 0 Å². The molecule has 1 atom stereocenters. The van der Waals surface area contributed by atoms with Crippen molar-refractivity contribution in [2.45, 2.75) is 13.3 Å². The molecule has 0 aromatic heterocycles. The normalized spacial score (nSPS) is 11.6. The summed E-state index contributed by atoms with van der Waals surface area (Å²) < 4.78 is 13.4. The molecule has 2 N–H and O–H groups in total. The Bertz CT molecular complexity index is 418. The third-order valence-electron chi connectivity index (χ3n) is 2.55. The number of benzene rings is 1. The van der Waals surface area contributed by atoms with Crippen LogP contribution in [0.2, 0.25) is 0 Å². The Hall–Kier alpha value is -0.650. The number of halogens is 3. The van der Waals surface area contributed by atoms with E-state index in [1.165, 1.54) is 6.07 Å². The van der Waals surface area contributed by atoms with Crippen molar-refractivity contribution < 1.29 is 9.18 Å². The van der Waals surface area contributed by atoms with Crippen LogP contribution in [0.3, 0.4) is 0 Å². The molecule has 19 heavy (non-hydrogen) atoms. The van der Waals surface area contributed by atoms with E-state index in [0.29, 0.717) is 16.9 Å². The second-order valence-corrected chi connectivity index (χ2v) is 5.25. The summed E-state index contributed by atoms with van der Waals surface area (Å²) in [5, 5.41) is 5.92. The summed E-state index contributed by atoms with van der Waals surface area (Å²) in [6, 6.07) is 4.61.